The quantitative estimate of drug-likeness (QED) is 0.165. The molecule has 0 spiro atoms. The Labute approximate surface area is 368 Å². The zero-order valence-electron chi connectivity index (χ0n) is 34.7. The van der Waals surface area contributed by atoms with Crippen LogP contribution in [-0.2, 0) is 0 Å². The predicted octanol–water partition coefficient (Wildman–Crippen LogP) is 15.7. The Hall–Kier alpha value is -8.60. The molecular formula is C60H38N4. The van der Waals surface area contributed by atoms with E-state index in [1.165, 1.54) is 98.4 Å². The molecule has 0 atom stereocenters. The standard InChI is InChI=1S/C60H38N4/c1-3-15-41(16-4-1)61-53-25-13-9-21-49(53)57-55(61)37-35-48-46-20-8-12-24-52(46)64(60(48)57)44-33-29-40(30-34-44)39-27-31-43(32-28-39)62-54-26-14-10-22-50(54)58-56(62)38-36-47-45-19-7-11-23-51(45)63(59(47)58)42-17-5-2-6-18-42/h1-38H. The first kappa shape index (κ1) is 35.0. The summed E-state index contributed by atoms with van der Waals surface area (Å²) in [6, 6.07) is 84.2. The van der Waals surface area contributed by atoms with Crippen LogP contribution < -0.4 is 0 Å². The number of hydrogen-bond acceptors (Lipinski definition) is 0. The molecule has 0 saturated carbocycles. The third-order valence-electron chi connectivity index (χ3n) is 13.6. The number of aromatic nitrogens is 4. The summed E-state index contributed by atoms with van der Waals surface area (Å²) in [6.07, 6.45) is 0. The third-order valence-corrected chi connectivity index (χ3v) is 13.6. The fourth-order valence-corrected chi connectivity index (χ4v) is 10.9. The Kier molecular flexibility index (Phi) is 7.36. The van der Waals surface area contributed by atoms with Crippen molar-refractivity contribution in [3.8, 4) is 33.9 Å². The van der Waals surface area contributed by atoms with Crippen LogP contribution in [0.3, 0.4) is 0 Å². The highest BCUT2D eigenvalue weighted by molar-refractivity contribution is 6.27. The van der Waals surface area contributed by atoms with Gasteiger partial charge in [-0.25, -0.2) is 0 Å². The van der Waals surface area contributed by atoms with Gasteiger partial charge >= 0.3 is 0 Å². The smallest absolute Gasteiger partial charge is 0.0641 e. The van der Waals surface area contributed by atoms with E-state index in [0.717, 1.165) is 22.7 Å². The lowest BCUT2D eigenvalue weighted by atomic mass is 10.0. The van der Waals surface area contributed by atoms with E-state index in [9.17, 15) is 0 Å². The van der Waals surface area contributed by atoms with Crippen molar-refractivity contribution in [2.24, 2.45) is 0 Å². The van der Waals surface area contributed by atoms with Crippen LogP contribution in [0.2, 0.25) is 0 Å². The minimum atomic E-state index is 1.14. The maximum Gasteiger partial charge on any atom is 0.0641 e. The Bertz CT molecular complexity index is 4150. The molecular weight excluding hydrogens is 777 g/mol. The summed E-state index contributed by atoms with van der Waals surface area (Å²) < 4.78 is 9.75. The van der Waals surface area contributed by atoms with Crippen molar-refractivity contribution in [2.45, 2.75) is 0 Å². The number of hydrogen-bond donors (Lipinski definition) is 0. The van der Waals surface area contributed by atoms with Crippen LogP contribution >= 0.6 is 0 Å². The van der Waals surface area contributed by atoms with E-state index in [1.54, 1.807) is 0 Å². The molecule has 0 aliphatic rings. The predicted molar refractivity (Wildman–Crippen MR) is 269 cm³/mol. The molecule has 0 fully saturated rings. The average Bonchev–Trinajstić information content (AvgIpc) is 4.10. The Morgan fingerprint density at radius 1 is 0.188 bits per heavy atom. The summed E-state index contributed by atoms with van der Waals surface area (Å²) in [7, 11) is 0. The van der Waals surface area contributed by atoms with Crippen molar-refractivity contribution < 1.29 is 0 Å². The normalized spacial score (nSPS) is 12.1. The van der Waals surface area contributed by atoms with Gasteiger partial charge in [-0.1, -0.05) is 146 Å². The van der Waals surface area contributed by atoms with Crippen molar-refractivity contribution in [3.63, 3.8) is 0 Å². The molecule has 4 heteroatoms. The molecule has 0 unspecified atom stereocenters. The van der Waals surface area contributed by atoms with Gasteiger partial charge in [0.2, 0.25) is 0 Å². The summed E-state index contributed by atoms with van der Waals surface area (Å²) in [6.45, 7) is 0. The SMILES string of the molecule is c1ccc(-n2c3ccccc3c3c2ccc2c4ccccc4n(-c4ccc(-c5ccc(-n6c7ccccc7c7c6ccc6c8ccccc8n(-c8ccccc8)c67)cc5)cc4)c23)cc1. The first-order valence-corrected chi connectivity index (χ1v) is 22.0. The molecule has 298 valence electrons. The van der Waals surface area contributed by atoms with Crippen molar-refractivity contribution >= 4 is 87.2 Å². The van der Waals surface area contributed by atoms with E-state index in [-0.39, 0.29) is 0 Å². The highest BCUT2D eigenvalue weighted by atomic mass is 15.0. The Morgan fingerprint density at radius 2 is 0.500 bits per heavy atom. The molecule has 4 aromatic heterocycles. The van der Waals surface area contributed by atoms with Crippen LogP contribution in [0.5, 0.6) is 0 Å². The largest absolute Gasteiger partial charge is 0.309 e. The number of fused-ring (bicyclic) bond motifs is 14. The molecule has 0 N–H and O–H groups in total. The van der Waals surface area contributed by atoms with Crippen molar-refractivity contribution in [1.82, 2.24) is 18.3 Å². The second-order valence-electron chi connectivity index (χ2n) is 16.9. The monoisotopic (exact) mass is 814 g/mol. The highest BCUT2D eigenvalue weighted by Gasteiger charge is 2.22. The molecule has 0 bridgehead atoms. The summed E-state index contributed by atoms with van der Waals surface area (Å²) in [5.74, 6) is 0. The van der Waals surface area contributed by atoms with Gasteiger partial charge in [0.25, 0.3) is 0 Å². The highest BCUT2D eigenvalue weighted by Crippen LogP contribution is 2.44. The van der Waals surface area contributed by atoms with Crippen LogP contribution in [0, 0.1) is 0 Å². The van der Waals surface area contributed by atoms with E-state index < -0.39 is 0 Å². The van der Waals surface area contributed by atoms with Gasteiger partial charge < -0.3 is 18.3 Å². The lowest BCUT2D eigenvalue weighted by Gasteiger charge is -2.12. The molecule has 0 radical (unpaired) electrons. The zero-order chi connectivity index (χ0) is 41.9. The summed E-state index contributed by atoms with van der Waals surface area (Å²) in [5.41, 5.74) is 16.6. The first-order valence-electron chi connectivity index (χ1n) is 22.0. The minimum absolute atomic E-state index is 1.14. The van der Waals surface area contributed by atoms with Crippen LogP contribution in [0.1, 0.15) is 0 Å². The van der Waals surface area contributed by atoms with Gasteiger partial charge in [0.1, 0.15) is 0 Å². The Morgan fingerprint density at radius 3 is 0.922 bits per heavy atom. The van der Waals surface area contributed by atoms with E-state index in [0.29, 0.717) is 0 Å². The van der Waals surface area contributed by atoms with Gasteiger partial charge in [-0.05, 0) is 96.1 Å². The van der Waals surface area contributed by atoms with Gasteiger partial charge in [0.05, 0.1) is 44.1 Å². The molecule has 0 amide bonds. The van der Waals surface area contributed by atoms with Gasteiger partial charge in [-0.3, -0.25) is 0 Å². The van der Waals surface area contributed by atoms with Crippen molar-refractivity contribution in [3.05, 3.63) is 231 Å². The molecule has 0 saturated heterocycles. The molecule has 14 aromatic rings. The van der Waals surface area contributed by atoms with Crippen LogP contribution in [0.15, 0.2) is 231 Å². The van der Waals surface area contributed by atoms with E-state index in [4.69, 9.17) is 0 Å². The summed E-state index contributed by atoms with van der Waals surface area (Å²) in [4.78, 5) is 0. The number of benzene rings is 10. The first-order chi connectivity index (χ1) is 31.8. The van der Waals surface area contributed by atoms with Crippen molar-refractivity contribution in [1.29, 1.82) is 0 Å². The van der Waals surface area contributed by atoms with Gasteiger partial charge in [0.15, 0.2) is 0 Å². The summed E-state index contributed by atoms with van der Waals surface area (Å²) >= 11 is 0. The fraction of sp³-hybridized carbons (Fsp3) is 0. The van der Waals surface area contributed by atoms with Gasteiger partial charge in [0, 0.05) is 65.8 Å². The van der Waals surface area contributed by atoms with Crippen LogP contribution in [0.25, 0.3) is 121 Å². The molecule has 10 aromatic carbocycles. The van der Waals surface area contributed by atoms with Gasteiger partial charge in [-0.15, -0.1) is 0 Å². The van der Waals surface area contributed by atoms with Crippen LogP contribution in [-0.4, -0.2) is 18.3 Å². The van der Waals surface area contributed by atoms with E-state index in [2.05, 4.69) is 249 Å². The molecule has 14 rings (SSSR count). The lowest BCUT2D eigenvalue weighted by molar-refractivity contribution is 1.17. The second kappa shape index (κ2) is 13.4. The van der Waals surface area contributed by atoms with E-state index >= 15 is 0 Å². The lowest BCUT2D eigenvalue weighted by Crippen LogP contribution is -1.96. The fourth-order valence-electron chi connectivity index (χ4n) is 10.9. The second-order valence-corrected chi connectivity index (χ2v) is 16.9. The zero-order valence-corrected chi connectivity index (χ0v) is 34.7. The molecule has 0 aliphatic carbocycles. The van der Waals surface area contributed by atoms with Crippen molar-refractivity contribution in [2.75, 3.05) is 0 Å². The van der Waals surface area contributed by atoms with Gasteiger partial charge in [-0.2, -0.15) is 0 Å². The number of rotatable bonds is 5. The molecule has 64 heavy (non-hydrogen) atoms. The maximum absolute atomic E-state index is 2.47. The number of nitrogens with zero attached hydrogens (tertiary/aromatic N) is 4. The Balaban J connectivity index is 0.909. The topological polar surface area (TPSA) is 19.7 Å². The molecule has 4 heterocycles. The summed E-state index contributed by atoms with van der Waals surface area (Å²) in [5, 5.41) is 10.1. The van der Waals surface area contributed by atoms with Crippen LogP contribution in [0.4, 0.5) is 0 Å². The van der Waals surface area contributed by atoms with E-state index in [1.807, 2.05) is 0 Å². The third kappa shape index (κ3) is 4.88. The molecule has 4 nitrogen and oxygen atoms in total. The number of para-hydroxylation sites is 6. The minimum Gasteiger partial charge on any atom is -0.309 e. The maximum atomic E-state index is 2.47. The molecule has 0 aliphatic heterocycles. The average molecular weight is 815 g/mol.